The van der Waals surface area contributed by atoms with Gasteiger partial charge in [0.1, 0.15) is 12.4 Å². The quantitative estimate of drug-likeness (QED) is 0.705. The molecule has 8 heteroatoms. The molecule has 0 N–H and O–H groups in total. The zero-order valence-corrected chi connectivity index (χ0v) is 14.6. The van der Waals surface area contributed by atoms with Crippen molar-refractivity contribution >= 4 is 17.2 Å². The maximum atomic E-state index is 13.0. The van der Waals surface area contributed by atoms with E-state index in [-0.39, 0.29) is 30.2 Å². The largest absolute Gasteiger partial charge is 0.437 e. The number of hydrogen-bond acceptors (Lipinski definition) is 5. The van der Waals surface area contributed by atoms with E-state index in [0.717, 1.165) is 22.4 Å². The number of nitrogens with zero attached hydrogens (tertiary/aromatic N) is 3. The Labute approximate surface area is 152 Å². The number of thiophene rings is 1. The molecule has 0 saturated carbocycles. The minimum atomic E-state index is -0.704. The smallest absolute Gasteiger partial charge is 0.388 e. The predicted octanol–water partition coefficient (Wildman–Crippen LogP) is 3.07. The number of benzene rings is 1. The van der Waals surface area contributed by atoms with Gasteiger partial charge in [-0.2, -0.15) is 4.68 Å². The lowest BCUT2D eigenvalue weighted by atomic mass is 10.2. The third-order valence-electron chi connectivity index (χ3n) is 4.43. The molecule has 1 aliphatic rings. The number of amides is 1. The van der Waals surface area contributed by atoms with Crippen molar-refractivity contribution in [3.8, 4) is 11.5 Å². The molecule has 2 aromatic heterocycles. The van der Waals surface area contributed by atoms with E-state index in [1.165, 1.54) is 24.3 Å². The molecule has 0 unspecified atom stereocenters. The van der Waals surface area contributed by atoms with E-state index in [2.05, 4.69) is 5.10 Å². The summed E-state index contributed by atoms with van der Waals surface area (Å²) in [7, 11) is 0. The van der Waals surface area contributed by atoms with Gasteiger partial charge in [0.2, 0.25) is 11.8 Å². The normalized spacial score (nSPS) is 17.0. The summed E-state index contributed by atoms with van der Waals surface area (Å²) >= 11 is 1.63. The summed E-state index contributed by atoms with van der Waals surface area (Å²) in [6.07, 6.45) is 1.85. The van der Waals surface area contributed by atoms with Crippen LogP contribution >= 0.6 is 11.3 Å². The molecule has 1 atom stereocenters. The third kappa shape index (κ3) is 3.20. The topological polar surface area (TPSA) is 68.3 Å². The molecule has 4 rings (SSSR count). The first-order chi connectivity index (χ1) is 12.6. The average molecular weight is 373 g/mol. The van der Waals surface area contributed by atoms with Crippen molar-refractivity contribution in [1.82, 2.24) is 14.7 Å². The maximum Gasteiger partial charge on any atom is 0.437 e. The van der Waals surface area contributed by atoms with Gasteiger partial charge in [-0.05, 0) is 48.6 Å². The van der Waals surface area contributed by atoms with Gasteiger partial charge in [-0.15, -0.1) is 16.4 Å². The van der Waals surface area contributed by atoms with Crippen LogP contribution in [0.4, 0.5) is 4.39 Å². The van der Waals surface area contributed by atoms with Gasteiger partial charge in [0.25, 0.3) is 0 Å². The lowest BCUT2D eigenvalue weighted by Crippen LogP contribution is -2.35. The number of rotatable bonds is 4. The molecule has 0 bridgehead atoms. The number of aromatic nitrogens is 2. The predicted molar refractivity (Wildman–Crippen MR) is 94.2 cm³/mol. The number of carbonyl (C=O) groups excluding carboxylic acids is 1. The van der Waals surface area contributed by atoms with Crippen LogP contribution in [0, 0.1) is 5.82 Å². The molecular formula is C18H16FN3O3S. The van der Waals surface area contributed by atoms with Crippen LogP contribution in [0.25, 0.3) is 11.5 Å². The Morgan fingerprint density at radius 3 is 2.85 bits per heavy atom. The fourth-order valence-electron chi connectivity index (χ4n) is 3.18. The van der Waals surface area contributed by atoms with E-state index in [0.29, 0.717) is 12.1 Å². The van der Waals surface area contributed by atoms with E-state index in [9.17, 15) is 14.0 Å². The Morgan fingerprint density at radius 1 is 1.31 bits per heavy atom. The van der Waals surface area contributed by atoms with Crippen molar-refractivity contribution in [2.45, 2.75) is 25.4 Å². The van der Waals surface area contributed by atoms with Crippen molar-refractivity contribution in [1.29, 1.82) is 0 Å². The molecule has 6 nitrogen and oxygen atoms in total. The van der Waals surface area contributed by atoms with E-state index < -0.39 is 5.76 Å². The van der Waals surface area contributed by atoms with Crippen LogP contribution in [-0.2, 0) is 11.3 Å². The molecule has 1 fully saturated rings. The van der Waals surface area contributed by atoms with Crippen LogP contribution in [0.3, 0.4) is 0 Å². The molecular weight excluding hydrogens is 357 g/mol. The van der Waals surface area contributed by atoms with Gasteiger partial charge < -0.3 is 9.32 Å². The lowest BCUT2D eigenvalue weighted by Gasteiger charge is -2.23. The molecule has 26 heavy (non-hydrogen) atoms. The number of carbonyl (C=O) groups is 1. The van der Waals surface area contributed by atoms with Crippen LogP contribution in [0.15, 0.2) is 51.0 Å². The van der Waals surface area contributed by atoms with Gasteiger partial charge in [-0.25, -0.2) is 9.18 Å². The highest BCUT2D eigenvalue weighted by molar-refractivity contribution is 7.10. The monoisotopic (exact) mass is 373 g/mol. The van der Waals surface area contributed by atoms with Gasteiger partial charge in [-0.3, -0.25) is 4.79 Å². The third-order valence-corrected chi connectivity index (χ3v) is 5.40. The number of hydrogen-bond donors (Lipinski definition) is 0. The second-order valence-electron chi connectivity index (χ2n) is 6.10. The van der Waals surface area contributed by atoms with Crippen molar-refractivity contribution in [3.05, 3.63) is 63.0 Å². The highest BCUT2D eigenvalue weighted by atomic mass is 32.1. The van der Waals surface area contributed by atoms with Crippen LogP contribution in [0.2, 0.25) is 0 Å². The Hall–Kier alpha value is -2.74. The molecule has 1 amide bonds. The molecule has 0 spiro atoms. The van der Waals surface area contributed by atoms with Gasteiger partial charge >= 0.3 is 5.76 Å². The number of halogens is 1. The second-order valence-corrected chi connectivity index (χ2v) is 7.08. The first kappa shape index (κ1) is 16.7. The van der Waals surface area contributed by atoms with Crippen LogP contribution < -0.4 is 5.76 Å². The standard InChI is InChI=1S/C18H16FN3O3S/c19-13-7-5-12(6-8-13)17-20-22(18(24)25-17)11-16(23)21-9-1-3-14(21)15-4-2-10-26-15/h2,4-8,10,14H,1,3,9,11H2/t14-/m1/s1. The minimum absolute atomic E-state index is 0.0571. The first-order valence-corrected chi connectivity index (χ1v) is 9.16. The molecule has 3 aromatic rings. The lowest BCUT2D eigenvalue weighted by molar-refractivity contribution is -0.133. The van der Waals surface area contributed by atoms with Gasteiger partial charge in [0, 0.05) is 17.0 Å². The Balaban J connectivity index is 1.53. The van der Waals surface area contributed by atoms with Crippen LogP contribution in [0.1, 0.15) is 23.8 Å². The van der Waals surface area contributed by atoms with Crippen molar-refractivity contribution in [3.63, 3.8) is 0 Å². The highest BCUT2D eigenvalue weighted by Crippen LogP contribution is 2.34. The molecule has 134 valence electrons. The van der Waals surface area contributed by atoms with Crippen molar-refractivity contribution in [2.24, 2.45) is 0 Å². The average Bonchev–Trinajstić information content (AvgIpc) is 3.36. The van der Waals surface area contributed by atoms with E-state index in [1.807, 2.05) is 17.5 Å². The van der Waals surface area contributed by atoms with Gasteiger partial charge in [-0.1, -0.05) is 6.07 Å². The SMILES string of the molecule is O=C(Cn1nc(-c2ccc(F)cc2)oc1=O)N1CCC[C@@H]1c1cccs1. The summed E-state index contributed by atoms with van der Waals surface area (Å²) in [4.78, 5) is 27.7. The van der Waals surface area contributed by atoms with Crippen LogP contribution in [-0.4, -0.2) is 27.1 Å². The summed E-state index contributed by atoms with van der Waals surface area (Å²) in [5.41, 5.74) is 0.479. The van der Waals surface area contributed by atoms with Crippen molar-refractivity contribution in [2.75, 3.05) is 6.54 Å². The van der Waals surface area contributed by atoms with Gasteiger partial charge in [0.15, 0.2) is 0 Å². The summed E-state index contributed by atoms with van der Waals surface area (Å²) in [6.45, 7) is 0.490. The molecule has 1 saturated heterocycles. The fraction of sp³-hybridized carbons (Fsp3) is 0.278. The highest BCUT2D eigenvalue weighted by Gasteiger charge is 2.31. The van der Waals surface area contributed by atoms with E-state index in [4.69, 9.17) is 4.42 Å². The number of likely N-dealkylation sites (tertiary alicyclic amines) is 1. The maximum absolute atomic E-state index is 13.0. The molecule has 3 heterocycles. The first-order valence-electron chi connectivity index (χ1n) is 8.28. The second kappa shape index (κ2) is 6.87. The summed E-state index contributed by atoms with van der Waals surface area (Å²) in [5, 5.41) is 6.07. The molecule has 0 aliphatic carbocycles. The summed E-state index contributed by atoms with van der Waals surface area (Å²) in [6, 6.07) is 9.51. The van der Waals surface area contributed by atoms with Crippen molar-refractivity contribution < 1.29 is 13.6 Å². The molecule has 1 aliphatic heterocycles. The zero-order valence-electron chi connectivity index (χ0n) is 13.8. The Kier molecular flexibility index (Phi) is 4.42. The Bertz CT molecular complexity index is 962. The summed E-state index contributed by atoms with van der Waals surface area (Å²) in [5.74, 6) is -1.19. The van der Waals surface area contributed by atoms with E-state index >= 15 is 0 Å². The Morgan fingerprint density at radius 2 is 2.12 bits per heavy atom. The zero-order chi connectivity index (χ0) is 18.1. The van der Waals surface area contributed by atoms with Crippen LogP contribution in [0.5, 0.6) is 0 Å². The fourth-order valence-corrected chi connectivity index (χ4v) is 4.05. The molecule has 1 aromatic carbocycles. The molecule has 0 radical (unpaired) electrons. The summed E-state index contributed by atoms with van der Waals surface area (Å²) < 4.78 is 19.1. The van der Waals surface area contributed by atoms with Gasteiger partial charge in [0.05, 0.1) is 6.04 Å². The van der Waals surface area contributed by atoms with E-state index in [1.54, 1.807) is 16.2 Å². The minimum Gasteiger partial charge on any atom is -0.388 e.